The molecule has 0 spiro atoms. The fourth-order valence-corrected chi connectivity index (χ4v) is 1.48. The molecule has 0 aromatic heterocycles. The number of aliphatic hydroxyl groups is 1. The van der Waals surface area contributed by atoms with Crippen molar-refractivity contribution in [3.05, 3.63) is 35.7 Å². The van der Waals surface area contributed by atoms with Gasteiger partial charge in [-0.25, -0.2) is 0 Å². The Morgan fingerprint density at radius 1 is 1.57 bits per heavy atom. The van der Waals surface area contributed by atoms with Crippen molar-refractivity contribution in [2.45, 2.75) is 12.8 Å². The van der Waals surface area contributed by atoms with Crippen LogP contribution in [0.15, 0.2) is 18.2 Å². The minimum Gasteiger partial charge on any atom is -0.492 e. The van der Waals surface area contributed by atoms with Crippen LogP contribution in [0.4, 0.5) is 0 Å². The van der Waals surface area contributed by atoms with Crippen LogP contribution in [0.5, 0.6) is 5.75 Å². The third kappa shape index (κ3) is 2.40. The van der Waals surface area contributed by atoms with E-state index in [-0.39, 0.29) is 12.5 Å². The molecule has 77 valence electrons. The first-order valence-corrected chi connectivity index (χ1v) is 4.93. The van der Waals surface area contributed by atoms with Gasteiger partial charge in [0.1, 0.15) is 5.75 Å². The Hall–Kier alpha value is -0.730. The lowest BCUT2D eigenvalue weighted by atomic mass is 10.0. The van der Waals surface area contributed by atoms with Gasteiger partial charge in [-0.1, -0.05) is 23.7 Å². The number of rotatable bonds is 4. The average molecular weight is 214 g/mol. The minimum atomic E-state index is -0.199. The van der Waals surface area contributed by atoms with Crippen molar-refractivity contribution in [3.63, 3.8) is 0 Å². The summed E-state index contributed by atoms with van der Waals surface area (Å²) in [5.74, 6) is 0.431. The van der Waals surface area contributed by atoms with E-state index in [2.05, 4.69) is 6.92 Å². The maximum absolute atomic E-state index is 9.01. The minimum absolute atomic E-state index is 0.0135. The zero-order valence-corrected chi connectivity index (χ0v) is 8.92. The molecule has 14 heavy (non-hydrogen) atoms. The molecule has 1 atom stereocenters. The van der Waals surface area contributed by atoms with Crippen LogP contribution >= 0.6 is 11.6 Å². The van der Waals surface area contributed by atoms with Crippen molar-refractivity contribution in [1.29, 1.82) is 0 Å². The van der Waals surface area contributed by atoms with Gasteiger partial charge in [0.25, 0.3) is 0 Å². The molecule has 0 aliphatic heterocycles. The van der Waals surface area contributed by atoms with E-state index < -0.39 is 0 Å². The average Bonchev–Trinajstić information content (AvgIpc) is 2.20. The first-order chi connectivity index (χ1) is 6.70. The van der Waals surface area contributed by atoms with E-state index in [0.29, 0.717) is 17.4 Å². The van der Waals surface area contributed by atoms with Crippen LogP contribution in [-0.2, 0) is 0 Å². The molecule has 0 bridgehead atoms. The van der Waals surface area contributed by atoms with E-state index in [1.165, 1.54) is 0 Å². The molecule has 1 radical (unpaired) electrons. The van der Waals surface area contributed by atoms with Crippen LogP contribution in [0.25, 0.3) is 0 Å². The molecule has 1 rings (SSSR count). The van der Waals surface area contributed by atoms with Gasteiger partial charge in [-0.3, -0.25) is 0 Å². The summed E-state index contributed by atoms with van der Waals surface area (Å²) in [5.41, 5.74) is 0.849. The highest BCUT2D eigenvalue weighted by atomic mass is 35.5. The topological polar surface area (TPSA) is 29.5 Å². The zero-order valence-electron chi connectivity index (χ0n) is 8.16. The molecule has 0 fully saturated rings. The molecule has 0 amide bonds. The Bertz CT molecular complexity index is 299. The third-order valence-corrected chi connectivity index (χ3v) is 2.24. The molecule has 0 heterocycles. The van der Waals surface area contributed by atoms with Crippen molar-refractivity contribution in [3.8, 4) is 5.75 Å². The Morgan fingerprint density at radius 3 is 2.86 bits per heavy atom. The van der Waals surface area contributed by atoms with Crippen LogP contribution in [0.1, 0.15) is 18.4 Å². The molecular formula is C11H14ClO2. The molecule has 1 aromatic carbocycles. The lowest BCUT2D eigenvalue weighted by molar-refractivity contribution is 0.276. The predicted octanol–water partition coefficient (Wildman–Crippen LogP) is 2.65. The fraction of sp³-hybridized carbons (Fsp3) is 0.364. The Kier molecular flexibility index (Phi) is 4.23. The maximum atomic E-state index is 9.01. The SMILES string of the molecule is [CH2]C(CO)c1cccc(Cl)c1OCC. The Labute approximate surface area is 89.5 Å². The van der Waals surface area contributed by atoms with Gasteiger partial charge in [-0.15, -0.1) is 0 Å². The van der Waals surface area contributed by atoms with Gasteiger partial charge in [0.2, 0.25) is 0 Å². The molecule has 1 aromatic rings. The highest BCUT2D eigenvalue weighted by molar-refractivity contribution is 6.32. The monoisotopic (exact) mass is 213 g/mol. The lowest BCUT2D eigenvalue weighted by Crippen LogP contribution is -2.04. The molecule has 3 heteroatoms. The van der Waals surface area contributed by atoms with Crippen LogP contribution in [-0.4, -0.2) is 18.3 Å². The predicted molar refractivity (Wildman–Crippen MR) is 57.8 cm³/mol. The molecule has 0 aliphatic rings. The second-order valence-corrected chi connectivity index (χ2v) is 3.38. The summed E-state index contributed by atoms with van der Waals surface area (Å²) in [4.78, 5) is 0. The van der Waals surface area contributed by atoms with E-state index in [0.717, 1.165) is 5.56 Å². The smallest absolute Gasteiger partial charge is 0.141 e. The number of ether oxygens (including phenoxy) is 1. The van der Waals surface area contributed by atoms with E-state index in [4.69, 9.17) is 21.4 Å². The molecule has 1 N–H and O–H groups in total. The van der Waals surface area contributed by atoms with Gasteiger partial charge in [0.05, 0.1) is 18.2 Å². The van der Waals surface area contributed by atoms with Crippen molar-refractivity contribution >= 4 is 11.6 Å². The number of para-hydroxylation sites is 1. The summed E-state index contributed by atoms with van der Waals surface area (Å²) in [6, 6.07) is 5.46. The molecular weight excluding hydrogens is 200 g/mol. The summed E-state index contributed by atoms with van der Waals surface area (Å²) in [7, 11) is 0. The van der Waals surface area contributed by atoms with E-state index in [9.17, 15) is 0 Å². The number of halogens is 1. The number of benzene rings is 1. The highest BCUT2D eigenvalue weighted by Crippen LogP contribution is 2.33. The second kappa shape index (κ2) is 5.23. The summed E-state index contributed by atoms with van der Waals surface area (Å²) >= 11 is 5.97. The largest absolute Gasteiger partial charge is 0.492 e. The summed E-state index contributed by atoms with van der Waals surface area (Å²) in [6.45, 7) is 6.25. The molecule has 2 nitrogen and oxygen atoms in total. The van der Waals surface area contributed by atoms with Gasteiger partial charge in [-0.2, -0.15) is 0 Å². The van der Waals surface area contributed by atoms with Crippen molar-refractivity contribution in [2.24, 2.45) is 0 Å². The van der Waals surface area contributed by atoms with Gasteiger partial charge in [0, 0.05) is 11.5 Å². The van der Waals surface area contributed by atoms with Crippen molar-refractivity contribution < 1.29 is 9.84 Å². The first-order valence-electron chi connectivity index (χ1n) is 4.55. The summed E-state index contributed by atoms with van der Waals surface area (Å²) in [6.07, 6.45) is 0. The van der Waals surface area contributed by atoms with Gasteiger partial charge < -0.3 is 9.84 Å². The number of aliphatic hydroxyl groups excluding tert-OH is 1. The van der Waals surface area contributed by atoms with Gasteiger partial charge >= 0.3 is 0 Å². The molecule has 0 saturated heterocycles. The zero-order chi connectivity index (χ0) is 10.6. The molecule has 0 saturated carbocycles. The highest BCUT2D eigenvalue weighted by Gasteiger charge is 2.13. The Balaban J connectivity index is 3.07. The van der Waals surface area contributed by atoms with Crippen molar-refractivity contribution in [2.75, 3.05) is 13.2 Å². The second-order valence-electron chi connectivity index (χ2n) is 2.97. The molecule has 1 unspecified atom stereocenters. The van der Waals surface area contributed by atoms with Gasteiger partial charge in [0.15, 0.2) is 0 Å². The van der Waals surface area contributed by atoms with Crippen LogP contribution < -0.4 is 4.74 Å². The lowest BCUT2D eigenvalue weighted by Gasteiger charge is -2.15. The normalized spacial score (nSPS) is 12.6. The van der Waals surface area contributed by atoms with E-state index in [1.807, 2.05) is 19.1 Å². The van der Waals surface area contributed by atoms with Crippen LogP contribution in [0.3, 0.4) is 0 Å². The summed E-state index contributed by atoms with van der Waals surface area (Å²) < 4.78 is 5.41. The van der Waals surface area contributed by atoms with E-state index >= 15 is 0 Å². The number of hydrogen-bond acceptors (Lipinski definition) is 2. The van der Waals surface area contributed by atoms with Gasteiger partial charge in [-0.05, 0) is 19.9 Å². The number of hydrogen-bond donors (Lipinski definition) is 1. The summed E-state index contributed by atoms with van der Waals surface area (Å²) in [5, 5.41) is 9.57. The van der Waals surface area contributed by atoms with Crippen LogP contribution in [0, 0.1) is 6.92 Å². The van der Waals surface area contributed by atoms with E-state index in [1.54, 1.807) is 6.07 Å². The maximum Gasteiger partial charge on any atom is 0.141 e. The Morgan fingerprint density at radius 2 is 2.29 bits per heavy atom. The van der Waals surface area contributed by atoms with Crippen molar-refractivity contribution in [1.82, 2.24) is 0 Å². The molecule has 0 aliphatic carbocycles. The quantitative estimate of drug-likeness (QED) is 0.833. The standard InChI is InChI=1S/C11H14ClO2/c1-3-14-11-9(8(2)7-13)5-4-6-10(11)12/h4-6,8,13H,2-3,7H2,1H3. The van der Waals surface area contributed by atoms with Crippen LogP contribution in [0.2, 0.25) is 5.02 Å². The third-order valence-electron chi connectivity index (χ3n) is 1.95. The first kappa shape index (κ1) is 11.3. The fourth-order valence-electron chi connectivity index (χ4n) is 1.24.